The van der Waals surface area contributed by atoms with E-state index in [0.717, 1.165) is 23.6 Å². The first-order valence-electron chi connectivity index (χ1n) is 5.17. The Bertz CT molecular complexity index is 617. The van der Waals surface area contributed by atoms with Crippen LogP contribution >= 0.6 is 0 Å². The Hall–Kier alpha value is -1.02. The summed E-state index contributed by atoms with van der Waals surface area (Å²) in [5, 5.41) is 1.80. The Kier molecular flexibility index (Phi) is 2.05. The summed E-state index contributed by atoms with van der Waals surface area (Å²) < 4.78 is 30.4. The molecule has 0 saturated heterocycles. The molecular weight excluding hydrogens is 267 g/mol. The fourth-order valence-electron chi connectivity index (χ4n) is 2.49. The summed E-state index contributed by atoms with van der Waals surface area (Å²) >= 11 is -4.81. The summed E-state index contributed by atoms with van der Waals surface area (Å²) in [7, 11) is 0. The number of hydrogen-bond donors (Lipinski definition) is 2. The molecule has 3 nitrogen and oxygen atoms in total. The van der Waals surface area contributed by atoms with Crippen molar-refractivity contribution in [3.05, 3.63) is 41.5 Å². The molecule has 3 rings (SSSR count). The number of benzene rings is 2. The van der Waals surface area contributed by atoms with Crippen LogP contribution in [0.5, 0.6) is 0 Å². The maximum absolute atomic E-state index is 11.4. The molecule has 16 heavy (non-hydrogen) atoms. The van der Waals surface area contributed by atoms with Gasteiger partial charge >= 0.3 is 95.5 Å². The van der Waals surface area contributed by atoms with Crippen molar-refractivity contribution in [3.8, 4) is 0 Å². The topological polar surface area (TPSA) is 57.5 Å². The zero-order valence-corrected chi connectivity index (χ0v) is 10.4. The van der Waals surface area contributed by atoms with Gasteiger partial charge in [0.15, 0.2) is 0 Å². The van der Waals surface area contributed by atoms with Crippen LogP contribution in [0.25, 0.3) is 10.8 Å². The second kappa shape index (κ2) is 3.23. The van der Waals surface area contributed by atoms with E-state index in [1.54, 1.807) is 6.07 Å². The molecule has 0 unspecified atom stereocenters. The van der Waals surface area contributed by atoms with Crippen molar-refractivity contribution in [3.63, 3.8) is 0 Å². The van der Waals surface area contributed by atoms with Gasteiger partial charge in [0.25, 0.3) is 0 Å². The van der Waals surface area contributed by atoms with E-state index >= 15 is 0 Å². The van der Waals surface area contributed by atoms with E-state index in [4.69, 9.17) is 0 Å². The van der Waals surface area contributed by atoms with Crippen LogP contribution in [-0.4, -0.2) is 22.4 Å². The normalized spacial score (nSPS) is 14.6. The van der Waals surface area contributed by atoms with E-state index in [1.807, 2.05) is 24.3 Å². The fourth-order valence-corrected chi connectivity index (χ4v) is 4.10. The monoisotopic (exact) mass is 278 g/mol. The van der Waals surface area contributed by atoms with Gasteiger partial charge in [-0.1, -0.05) is 0 Å². The summed E-state index contributed by atoms with van der Waals surface area (Å²) in [4.78, 5) is 0. The zero-order chi connectivity index (χ0) is 11.3. The van der Waals surface area contributed by atoms with E-state index in [1.165, 1.54) is 11.1 Å². The van der Waals surface area contributed by atoms with Crippen molar-refractivity contribution >= 4 is 29.3 Å². The summed E-state index contributed by atoms with van der Waals surface area (Å²) in [6.07, 6.45) is 1.95. The molecule has 0 bridgehead atoms. The average Bonchev–Trinajstić information content (AvgIpc) is 2.63. The van der Waals surface area contributed by atoms with Crippen molar-refractivity contribution in [2.75, 3.05) is 0 Å². The van der Waals surface area contributed by atoms with Crippen LogP contribution in [0.4, 0.5) is 0 Å². The molecule has 1 aliphatic rings. The summed E-state index contributed by atoms with van der Waals surface area (Å²) in [6.45, 7) is 0. The molecule has 0 heterocycles. The molecule has 0 saturated carbocycles. The molecule has 2 aromatic carbocycles. The molecule has 0 amide bonds. The standard InChI is InChI=1S/C12H11AsO3/c14-13(15,16)11-7-6-9-5-4-8-2-1-3-10(11)12(8)9/h1-3,6-7H,4-5H2,(H2,14,15,16). The Balaban J connectivity index is 2.48. The molecule has 0 atom stereocenters. The number of rotatable bonds is 1. The van der Waals surface area contributed by atoms with E-state index in [9.17, 15) is 11.9 Å². The SMILES string of the molecule is O=[As](O)(O)c1ccc2c3c(cccc13)CC2. The molecule has 82 valence electrons. The van der Waals surface area contributed by atoms with Gasteiger partial charge < -0.3 is 0 Å². The number of aryl methyl sites for hydroxylation is 2. The third-order valence-corrected chi connectivity index (χ3v) is 5.30. The molecule has 1 aliphatic carbocycles. The van der Waals surface area contributed by atoms with Crippen LogP contribution in [-0.2, 0) is 16.6 Å². The molecular formula is C12H11AsO3. The van der Waals surface area contributed by atoms with E-state index in [2.05, 4.69) is 0 Å². The molecule has 2 aromatic rings. The summed E-state index contributed by atoms with van der Waals surface area (Å²) in [5.74, 6) is 0. The van der Waals surface area contributed by atoms with Crippen LogP contribution in [0.15, 0.2) is 30.3 Å². The second-order valence-electron chi connectivity index (χ2n) is 4.13. The molecule has 4 heteroatoms. The quantitative estimate of drug-likeness (QED) is 0.747. The van der Waals surface area contributed by atoms with Gasteiger partial charge in [-0.15, -0.1) is 0 Å². The predicted octanol–water partition coefficient (Wildman–Crippen LogP) is 0.499. The van der Waals surface area contributed by atoms with Crippen LogP contribution in [0.3, 0.4) is 0 Å². The van der Waals surface area contributed by atoms with Crippen LogP contribution in [0.2, 0.25) is 0 Å². The summed E-state index contributed by atoms with van der Waals surface area (Å²) in [6, 6.07) is 9.17. The van der Waals surface area contributed by atoms with Gasteiger partial charge in [0.05, 0.1) is 0 Å². The Morgan fingerprint density at radius 3 is 2.38 bits per heavy atom. The summed E-state index contributed by atoms with van der Waals surface area (Å²) in [5.41, 5.74) is 2.41. The third-order valence-electron chi connectivity index (χ3n) is 3.17. The Labute approximate surface area is 95.7 Å². The van der Waals surface area contributed by atoms with Crippen LogP contribution in [0.1, 0.15) is 11.1 Å². The van der Waals surface area contributed by atoms with Crippen molar-refractivity contribution < 1.29 is 11.9 Å². The molecule has 0 radical (unpaired) electrons. The first-order chi connectivity index (χ1) is 7.57. The van der Waals surface area contributed by atoms with Gasteiger partial charge in [0, 0.05) is 0 Å². The van der Waals surface area contributed by atoms with Crippen molar-refractivity contribution in [2.45, 2.75) is 12.8 Å². The van der Waals surface area contributed by atoms with Gasteiger partial charge in [-0.25, -0.2) is 0 Å². The Morgan fingerprint density at radius 2 is 1.69 bits per heavy atom. The van der Waals surface area contributed by atoms with Gasteiger partial charge in [-0.05, 0) is 0 Å². The van der Waals surface area contributed by atoms with Gasteiger partial charge in [-0.3, -0.25) is 0 Å². The molecule has 0 aromatic heterocycles. The average molecular weight is 278 g/mol. The van der Waals surface area contributed by atoms with Crippen molar-refractivity contribution in [2.24, 2.45) is 0 Å². The minimum atomic E-state index is -4.81. The third kappa shape index (κ3) is 1.36. The van der Waals surface area contributed by atoms with E-state index < -0.39 is 14.2 Å². The van der Waals surface area contributed by atoms with E-state index in [0.29, 0.717) is 0 Å². The minimum absolute atomic E-state index is 0.209. The molecule has 2 N–H and O–H groups in total. The van der Waals surface area contributed by atoms with Gasteiger partial charge in [-0.2, -0.15) is 0 Å². The Morgan fingerprint density at radius 1 is 1.00 bits per heavy atom. The van der Waals surface area contributed by atoms with Gasteiger partial charge in [0.1, 0.15) is 0 Å². The number of hydrogen-bond acceptors (Lipinski definition) is 1. The zero-order valence-electron chi connectivity index (χ0n) is 8.55. The fraction of sp³-hybridized carbons (Fsp3) is 0.167. The maximum atomic E-state index is 11.4. The van der Waals surface area contributed by atoms with Crippen LogP contribution < -0.4 is 4.35 Å². The second-order valence-corrected chi connectivity index (χ2v) is 7.42. The first kappa shape index (κ1) is 10.2. The molecule has 0 spiro atoms. The van der Waals surface area contributed by atoms with Crippen molar-refractivity contribution in [1.82, 2.24) is 0 Å². The predicted molar refractivity (Wildman–Crippen MR) is 61.9 cm³/mol. The first-order valence-corrected chi connectivity index (χ1v) is 8.55. The molecule has 0 aliphatic heterocycles. The molecule has 0 fully saturated rings. The van der Waals surface area contributed by atoms with Crippen LogP contribution in [0, 0.1) is 0 Å². The van der Waals surface area contributed by atoms with E-state index in [-0.39, 0.29) is 4.35 Å². The van der Waals surface area contributed by atoms with Crippen molar-refractivity contribution in [1.29, 1.82) is 0 Å². The van der Waals surface area contributed by atoms with Gasteiger partial charge in [0.2, 0.25) is 0 Å².